The van der Waals surface area contributed by atoms with Gasteiger partial charge in [0.15, 0.2) is 0 Å². The Labute approximate surface area is 160 Å². The number of hydrogen-bond acceptors (Lipinski definition) is 3. The minimum absolute atomic E-state index is 0.0642. The Morgan fingerprint density at radius 3 is 2.44 bits per heavy atom. The zero-order chi connectivity index (χ0) is 19.8. The van der Waals surface area contributed by atoms with Gasteiger partial charge in [-0.3, -0.25) is 14.5 Å². The van der Waals surface area contributed by atoms with E-state index in [0.29, 0.717) is 6.42 Å². The maximum absolute atomic E-state index is 13.2. The topological polar surface area (TPSA) is 69.7 Å². The monoisotopic (exact) mass is 371 g/mol. The molecule has 6 heteroatoms. The third-order valence-corrected chi connectivity index (χ3v) is 6.13. The van der Waals surface area contributed by atoms with Gasteiger partial charge < -0.3 is 10.2 Å². The smallest absolute Gasteiger partial charge is 0.325 e. The van der Waals surface area contributed by atoms with Crippen molar-refractivity contribution in [2.45, 2.75) is 71.0 Å². The molecule has 3 atom stereocenters. The van der Waals surface area contributed by atoms with E-state index in [0.717, 1.165) is 35.3 Å². The van der Waals surface area contributed by atoms with Crippen LogP contribution in [-0.4, -0.2) is 46.3 Å². The molecule has 1 heterocycles. The van der Waals surface area contributed by atoms with Gasteiger partial charge in [0.1, 0.15) is 12.1 Å². The molecule has 1 saturated heterocycles. The predicted molar refractivity (Wildman–Crippen MR) is 103 cm³/mol. The van der Waals surface area contributed by atoms with Gasteiger partial charge >= 0.3 is 6.03 Å². The summed E-state index contributed by atoms with van der Waals surface area (Å²) in [6, 6.07) is 7.37. The van der Waals surface area contributed by atoms with E-state index in [4.69, 9.17) is 0 Å². The number of hydrogen-bond donors (Lipinski definition) is 1. The van der Waals surface area contributed by atoms with Crippen LogP contribution in [0.3, 0.4) is 0 Å². The van der Waals surface area contributed by atoms with Crippen molar-refractivity contribution in [3.8, 4) is 0 Å². The second-order valence-corrected chi connectivity index (χ2v) is 7.70. The van der Waals surface area contributed by atoms with E-state index in [-0.39, 0.29) is 30.4 Å². The van der Waals surface area contributed by atoms with E-state index in [9.17, 15) is 14.4 Å². The van der Waals surface area contributed by atoms with Crippen molar-refractivity contribution in [1.82, 2.24) is 15.1 Å². The highest BCUT2D eigenvalue weighted by Crippen LogP contribution is 2.41. The van der Waals surface area contributed by atoms with Crippen molar-refractivity contribution < 1.29 is 14.4 Å². The molecule has 1 aromatic rings. The van der Waals surface area contributed by atoms with Crippen LogP contribution in [0.5, 0.6) is 0 Å². The fourth-order valence-electron chi connectivity index (χ4n) is 4.27. The number of benzene rings is 1. The Bertz CT molecular complexity index is 753. The first-order valence-corrected chi connectivity index (χ1v) is 9.89. The first-order chi connectivity index (χ1) is 12.9. The summed E-state index contributed by atoms with van der Waals surface area (Å²) < 4.78 is 0. The van der Waals surface area contributed by atoms with Gasteiger partial charge in [-0.2, -0.15) is 0 Å². The molecule has 0 saturated carbocycles. The molecule has 0 bridgehead atoms. The van der Waals surface area contributed by atoms with Crippen molar-refractivity contribution in [2.24, 2.45) is 0 Å². The summed E-state index contributed by atoms with van der Waals surface area (Å²) in [7, 11) is 0. The van der Waals surface area contributed by atoms with Crippen molar-refractivity contribution in [1.29, 1.82) is 0 Å². The first kappa shape index (κ1) is 19.4. The van der Waals surface area contributed by atoms with Crippen LogP contribution in [0.4, 0.5) is 4.79 Å². The zero-order valence-electron chi connectivity index (χ0n) is 16.6. The Morgan fingerprint density at radius 1 is 1.19 bits per heavy atom. The van der Waals surface area contributed by atoms with Crippen LogP contribution in [0.15, 0.2) is 24.3 Å². The summed E-state index contributed by atoms with van der Waals surface area (Å²) in [5, 5.41) is 2.88. The maximum Gasteiger partial charge on any atom is 0.325 e. The van der Waals surface area contributed by atoms with Gasteiger partial charge in [0.25, 0.3) is 5.91 Å². The molecule has 1 fully saturated rings. The number of rotatable bonds is 6. The number of urea groups is 1. The minimum Gasteiger partial charge on any atom is -0.336 e. The average molecular weight is 371 g/mol. The van der Waals surface area contributed by atoms with Gasteiger partial charge in [-0.25, -0.2) is 4.79 Å². The lowest BCUT2D eigenvalue weighted by atomic mass is 9.92. The number of fused-ring (bicyclic) bond motifs is 2. The highest BCUT2D eigenvalue weighted by atomic mass is 16.2. The Kier molecular flexibility index (Phi) is 5.27. The molecule has 0 unspecified atom stereocenters. The molecule has 3 rings (SSSR count). The van der Waals surface area contributed by atoms with Gasteiger partial charge in [-0.05, 0) is 50.7 Å². The van der Waals surface area contributed by atoms with Gasteiger partial charge in [-0.15, -0.1) is 0 Å². The Morgan fingerprint density at radius 2 is 1.81 bits per heavy atom. The molecular weight excluding hydrogens is 342 g/mol. The largest absolute Gasteiger partial charge is 0.336 e. The van der Waals surface area contributed by atoms with Crippen LogP contribution < -0.4 is 5.32 Å². The normalized spacial score (nSPS) is 23.3. The average Bonchev–Trinajstić information content (AvgIpc) is 3.15. The van der Waals surface area contributed by atoms with Crippen molar-refractivity contribution in [2.75, 3.05) is 6.54 Å². The summed E-state index contributed by atoms with van der Waals surface area (Å²) in [4.78, 5) is 41.7. The molecular formula is C21H29N3O3. The standard InChI is InChI=1S/C21H29N3O3/c1-5-14(3)24(15(4)6-2)18(25)13-23-19(26)21(22-20(23)27)12-11-16-9-7-8-10-17(16)21/h7-10,14-15H,5-6,11-13H2,1-4H3,(H,22,27)/t14-,15-,21+/m1/s1. The molecule has 2 aliphatic rings. The number of amides is 4. The SMILES string of the molecule is CC[C@@H](C)N(C(=O)CN1C(=O)N[C@]2(CCc3ccccc32)C1=O)[C@H](C)CC. The van der Waals surface area contributed by atoms with Gasteiger partial charge in [0.2, 0.25) is 5.91 Å². The summed E-state index contributed by atoms with van der Waals surface area (Å²) in [6.45, 7) is 7.87. The fraction of sp³-hybridized carbons (Fsp3) is 0.571. The molecule has 1 aliphatic heterocycles. The van der Waals surface area contributed by atoms with E-state index in [1.54, 1.807) is 0 Å². The molecule has 1 N–H and O–H groups in total. The lowest BCUT2D eigenvalue weighted by Crippen LogP contribution is -2.50. The van der Waals surface area contributed by atoms with E-state index >= 15 is 0 Å². The molecule has 1 spiro atoms. The van der Waals surface area contributed by atoms with Crippen LogP contribution in [0, 0.1) is 0 Å². The van der Waals surface area contributed by atoms with E-state index in [1.165, 1.54) is 0 Å². The van der Waals surface area contributed by atoms with Crippen LogP contribution in [0.1, 0.15) is 58.1 Å². The highest BCUT2D eigenvalue weighted by molar-refractivity contribution is 6.09. The summed E-state index contributed by atoms with van der Waals surface area (Å²) in [5.74, 6) is -0.482. The summed E-state index contributed by atoms with van der Waals surface area (Å²) in [6.07, 6.45) is 2.94. The predicted octanol–water partition coefficient (Wildman–Crippen LogP) is 2.81. The highest BCUT2D eigenvalue weighted by Gasteiger charge is 2.55. The molecule has 146 valence electrons. The number of imide groups is 1. The van der Waals surface area contributed by atoms with E-state index in [2.05, 4.69) is 5.32 Å². The molecule has 0 aromatic heterocycles. The van der Waals surface area contributed by atoms with Crippen LogP contribution in [-0.2, 0) is 21.5 Å². The number of nitrogens with zero attached hydrogens (tertiary/aromatic N) is 2. The Hall–Kier alpha value is -2.37. The quantitative estimate of drug-likeness (QED) is 0.782. The van der Waals surface area contributed by atoms with Crippen molar-refractivity contribution in [3.63, 3.8) is 0 Å². The van der Waals surface area contributed by atoms with Gasteiger partial charge in [0, 0.05) is 12.1 Å². The maximum atomic E-state index is 13.2. The number of carbonyl (C=O) groups is 3. The summed E-state index contributed by atoms with van der Waals surface area (Å²) in [5.41, 5.74) is 0.935. The van der Waals surface area contributed by atoms with Gasteiger partial charge in [-0.1, -0.05) is 38.1 Å². The molecule has 27 heavy (non-hydrogen) atoms. The molecule has 4 amide bonds. The van der Waals surface area contributed by atoms with Crippen molar-refractivity contribution >= 4 is 17.8 Å². The van der Waals surface area contributed by atoms with E-state index in [1.807, 2.05) is 56.9 Å². The minimum atomic E-state index is -1.01. The zero-order valence-corrected chi connectivity index (χ0v) is 16.6. The van der Waals surface area contributed by atoms with Gasteiger partial charge in [0.05, 0.1) is 0 Å². The van der Waals surface area contributed by atoms with E-state index < -0.39 is 11.6 Å². The molecule has 0 radical (unpaired) electrons. The van der Waals surface area contributed by atoms with Crippen LogP contribution >= 0.6 is 0 Å². The summed E-state index contributed by atoms with van der Waals surface area (Å²) >= 11 is 0. The molecule has 1 aromatic carbocycles. The number of carbonyl (C=O) groups excluding carboxylic acids is 3. The lowest BCUT2D eigenvalue weighted by Gasteiger charge is -2.35. The number of nitrogens with one attached hydrogen (secondary N) is 1. The Balaban J connectivity index is 1.83. The second kappa shape index (κ2) is 7.33. The molecule has 6 nitrogen and oxygen atoms in total. The molecule has 1 aliphatic carbocycles. The second-order valence-electron chi connectivity index (χ2n) is 7.70. The van der Waals surface area contributed by atoms with Crippen LogP contribution in [0.2, 0.25) is 0 Å². The van der Waals surface area contributed by atoms with Crippen molar-refractivity contribution in [3.05, 3.63) is 35.4 Å². The fourth-order valence-corrected chi connectivity index (χ4v) is 4.27. The first-order valence-electron chi connectivity index (χ1n) is 9.89. The lowest BCUT2D eigenvalue weighted by molar-refractivity contribution is -0.141. The number of aryl methyl sites for hydroxylation is 1. The third-order valence-electron chi connectivity index (χ3n) is 6.13. The third kappa shape index (κ3) is 3.11. The van der Waals surface area contributed by atoms with Crippen LogP contribution in [0.25, 0.3) is 0 Å².